The summed E-state index contributed by atoms with van der Waals surface area (Å²) in [6.07, 6.45) is 1.64. The Hall–Kier alpha value is -2.96. The third-order valence-corrected chi connectivity index (χ3v) is 5.04. The van der Waals surface area contributed by atoms with Gasteiger partial charge in [0, 0.05) is 32.3 Å². The minimum atomic E-state index is -0.389. The molecule has 0 saturated carbocycles. The maximum atomic E-state index is 13.2. The van der Waals surface area contributed by atoms with Gasteiger partial charge in [-0.3, -0.25) is 9.59 Å². The van der Waals surface area contributed by atoms with Crippen molar-refractivity contribution in [3.63, 3.8) is 0 Å². The molecule has 3 rings (SSSR count). The maximum absolute atomic E-state index is 13.2. The van der Waals surface area contributed by atoms with Crippen LogP contribution in [-0.2, 0) is 11.3 Å². The molecule has 2 aromatic rings. The van der Waals surface area contributed by atoms with Gasteiger partial charge in [-0.15, -0.1) is 0 Å². The van der Waals surface area contributed by atoms with Crippen LogP contribution in [0.4, 0.5) is 4.39 Å². The average Bonchev–Trinajstić information content (AvgIpc) is 2.83. The van der Waals surface area contributed by atoms with E-state index in [9.17, 15) is 19.1 Å². The first-order valence-electron chi connectivity index (χ1n) is 9.34. The van der Waals surface area contributed by atoms with Gasteiger partial charge in [-0.25, -0.2) is 9.37 Å². The van der Waals surface area contributed by atoms with Gasteiger partial charge in [0.15, 0.2) is 5.69 Å². The molecule has 2 amide bonds. The fraction of sp³-hybridized carbons (Fsp3) is 0.381. The van der Waals surface area contributed by atoms with Crippen LogP contribution in [0.25, 0.3) is 0 Å². The van der Waals surface area contributed by atoms with Crippen LogP contribution in [0.5, 0.6) is 5.75 Å². The molecule has 1 aliphatic heterocycles. The van der Waals surface area contributed by atoms with Crippen LogP contribution in [0.1, 0.15) is 36.3 Å². The highest BCUT2D eigenvalue weighted by atomic mass is 19.1. The maximum Gasteiger partial charge on any atom is 0.276 e. The van der Waals surface area contributed by atoms with E-state index in [2.05, 4.69) is 4.98 Å². The van der Waals surface area contributed by atoms with Gasteiger partial charge in [0.05, 0.1) is 6.04 Å². The van der Waals surface area contributed by atoms with Crippen molar-refractivity contribution in [2.75, 3.05) is 13.1 Å². The number of rotatable bonds is 4. The molecule has 6 nitrogen and oxygen atoms in total. The number of hydrogen-bond acceptors (Lipinski definition) is 4. The summed E-state index contributed by atoms with van der Waals surface area (Å²) in [5, 5.41) is 9.96. The molecule has 1 aliphatic rings. The molecule has 0 radical (unpaired) electrons. The summed E-state index contributed by atoms with van der Waals surface area (Å²) < 4.78 is 13.2. The predicted octanol–water partition coefficient (Wildman–Crippen LogP) is 2.83. The average molecular weight is 385 g/mol. The number of aromatic hydroxyl groups is 1. The minimum absolute atomic E-state index is 0.00978. The highest BCUT2D eigenvalue weighted by molar-refractivity contribution is 5.95. The molecule has 1 atom stereocenters. The minimum Gasteiger partial charge on any atom is -0.505 e. The second kappa shape index (κ2) is 8.37. The van der Waals surface area contributed by atoms with E-state index < -0.39 is 0 Å². The number of nitrogens with zero attached hydrogens (tertiary/aromatic N) is 3. The van der Waals surface area contributed by atoms with Crippen LogP contribution >= 0.6 is 0 Å². The molecule has 1 N–H and O–H groups in total. The molecule has 28 heavy (non-hydrogen) atoms. The van der Waals surface area contributed by atoms with Crippen LogP contribution in [-0.4, -0.2) is 50.8 Å². The Balaban J connectivity index is 1.84. The molecule has 1 aromatic carbocycles. The molecular formula is C21H24FN3O3. The number of hydrogen-bond donors (Lipinski definition) is 1. The van der Waals surface area contributed by atoms with Gasteiger partial charge in [-0.2, -0.15) is 0 Å². The molecular weight excluding hydrogens is 361 g/mol. The fourth-order valence-corrected chi connectivity index (χ4v) is 3.43. The summed E-state index contributed by atoms with van der Waals surface area (Å²) in [5.41, 5.74) is 0.826. The number of benzene rings is 1. The van der Waals surface area contributed by atoms with Crippen molar-refractivity contribution in [2.24, 2.45) is 5.92 Å². The van der Waals surface area contributed by atoms with Crippen LogP contribution in [0.3, 0.4) is 0 Å². The first-order valence-corrected chi connectivity index (χ1v) is 9.34. The quantitative estimate of drug-likeness (QED) is 0.878. The Labute approximate surface area is 163 Å². The van der Waals surface area contributed by atoms with E-state index >= 15 is 0 Å². The Bertz CT molecular complexity index is 854. The van der Waals surface area contributed by atoms with Crippen molar-refractivity contribution in [2.45, 2.75) is 32.9 Å². The van der Waals surface area contributed by atoms with E-state index in [0.717, 1.165) is 5.56 Å². The summed E-state index contributed by atoms with van der Waals surface area (Å²) >= 11 is 0. The van der Waals surface area contributed by atoms with Gasteiger partial charge in [-0.05, 0) is 35.7 Å². The Morgan fingerprint density at radius 1 is 1.29 bits per heavy atom. The Morgan fingerprint density at radius 2 is 2.00 bits per heavy atom. The van der Waals surface area contributed by atoms with Crippen LogP contribution in [0, 0.1) is 11.7 Å². The first-order chi connectivity index (χ1) is 13.4. The molecule has 1 unspecified atom stereocenters. The standard InChI is InChI=1S/C21H24FN3O3/c1-14(2)17-13-24(21(28)20-18(26)4-3-10-23-20)11-9-19(27)25(17)12-15-5-7-16(22)8-6-15/h3-8,10,14,17,26H,9,11-13H2,1-2H3. The number of carbonyl (C=O) groups is 2. The second-order valence-electron chi connectivity index (χ2n) is 7.33. The van der Waals surface area contributed by atoms with Crippen LogP contribution in [0.2, 0.25) is 0 Å². The lowest BCUT2D eigenvalue weighted by Crippen LogP contribution is -2.47. The molecule has 7 heteroatoms. The number of amides is 2. The van der Waals surface area contributed by atoms with Crippen molar-refractivity contribution < 1.29 is 19.1 Å². The number of aromatic nitrogens is 1. The largest absolute Gasteiger partial charge is 0.505 e. The molecule has 1 fully saturated rings. The normalized spacial score (nSPS) is 17.7. The zero-order valence-electron chi connectivity index (χ0n) is 16.0. The summed E-state index contributed by atoms with van der Waals surface area (Å²) in [6.45, 7) is 4.97. The van der Waals surface area contributed by atoms with E-state index in [-0.39, 0.29) is 54.0 Å². The van der Waals surface area contributed by atoms with Gasteiger partial charge in [0.1, 0.15) is 11.6 Å². The van der Waals surface area contributed by atoms with Crippen molar-refractivity contribution in [1.29, 1.82) is 0 Å². The third kappa shape index (κ3) is 4.30. The molecule has 0 bridgehead atoms. The molecule has 1 aromatic heterocycles. The number of halogens is 1. The summed E-state index contributed by atoms with van der Waals surface area (Å²) in [4.78, 5) is 33.0. The SMILES string of the molecule is CC(C)C1CN(C(=O)c2ncccc2O)CCC(=O)N1Cc1ccc(F)cc1. The Morgan fingerprint density at radius 3 is 2.64 bits per heavy atom. The molecule has 0 aliphatic carbocycles. The lowest BCUT2D eigenvalue weighted by atomic mass is 10.0. The molecule has 1 saturated heterocycles. The number of pyridine rings is 1. The molecule has 148 valence electrons. The monoisotopic (exact) mass is 385 g/mol. The predicted molar refractivity (Wildman–Crippen MR) is 102 cm³/mol. The van der Waals surface area contributed by atoms with Crippen molar-refractivity contribution in [3.05, 3.63) is 59.7 Å². The van der Waals surface area contributed by atoms with Crippen molar-refractivity contribution in [1.82, 2.24) is 14.8 Å². The lowest BCUT2D eigenvalue weighted by molar-refractivity contribution is -0.134. The summed E-state index contributed by atoms with van der Waals surface area (Å²) in [7, 11) is 0. The lowest BCUT2D eigenvalue weighted by Gasteiger charge is -2.34. The third-order valence-electron chi connectivity index (χ3n) is 5.04. The van der Waals surface area contributed by atoms with E-state index in [0.29, 0.717) is 13.1 Å². The smallest absolute Gasteiger partial charge is 0.276 e. The summed E-state index contributed by atoms with van der Waals surface area (Å²) in [6, 6.07) is 8.86. The van der Waals surface area contributed by atoms with E-state index in [1.807, 2.05) is 13.8 Å². The summed E-state index contributed by atoms with van der Waals surface area (Å²) in [5.74, 6) is -0.829. The van der Waals surface area contributed by atoms with Crippen LogP contribution in [0.15, 0.2) is 42.6 Å². The zero-order chi connectivity index (χ0) is 20.3. The van der Waals surface area contributed by atoms with Crippen molar-refractivity contribution in [3.8, 4) is 5.75 Å². The van der Waals surface area contributed by atoms with Gasteiger partial charge in [0.25, 0.3) is 5.91 Å². The Kier molecular flexibility index (Phi) is 5.92. The van der Waals surface area contributed by atoms with Gasteiger partial charge in [0.2, 0.25) is 5.91 Å². The zero-order valence-corrected chi connectivity index (χ0v) is 16.0. The molecule has 0 spiro atoms. The van der Waals surface area contributed by atoms with Gasteiger partial charge >= 0.3 is 0 Å². The van der Waals surface area contributed by atoms with E-state index in [4.69, 9.17) is 0 Å². The fourth-order valence-electron chi connectivity index (χ4n) is 3.43. The van der Waals surface area contributed by atoms with Gasteiger partial charge < -0.3 is 14.9 Å². The van der Waals surface area contributed by atoms with Crippen molar-refractivity contribution >= 4 is 11.8 Å². The highest BCUT2D eigenvalue weighted by Crippen LogP contribution is 2.23. The second-order valence-corrected chi connectivity index (χ2v) is 7.33. The van der Waals surface area contributed by atoms with Crippen LogP contribution < -0.4 is 0 Å². The molecule has 2 heterocycles. The first kappa shape index (κ1) is 19.8. The van der Waals surface area contributed by atoms with E-state index in [1.165, 1.54) is 24.4 Å². The highest BCUT2D eigenvalue weighted by Gasteiger charge is 2.34. The topological polar surface area (TPSA) is 73.7 Å². The van der Waals surface area contributed by atoms with E-state index in [1.54, 1.807) is 28.0 Å². The van der Waals surface area contributed by atoms with Gasteiger partial charge in [-0.1, -0.05) is 26.0 Å². The number of carbonyl (C=O) groups excluding carboxylic acids is 2.